The van der Waals surface area contributed by atoms with E-state index in [1.807, 2.05) is 44.3 Å². The summed E-state index contributed by atoms with van der Waals surface area (Å²) in [5.41, 5.74) is 1.70. The van der Waals surface area contributed by atoms with Gasteiger partial charge in [-0.3, -0.25) is 10.3 Å². The Kier molecular flexibility index (Phi) is 6.92. The molecule has 0 saturated carbocycles. The Hall–Kier alpha value is -2.38. The van der Waals surface area contributed by atoms with Crippen LogP contribution in [0, 0.1) is 12.3 Å². The Morgan fingerprint density at radius 1 is 1.28 bits per heavy atom. The molecule has 1 saturated heterocycles. The van der Waals surface area contributed by atoms with Gasteiger partial charge in [0.15, 0.2) is 0 Å². The Balaban J connectivity index is 1.75. The summed E-state index contributed by atoms with van der Waals surface area (Å²) in [6.45, 7) is 7.42. The van der Waals surface area contributed by atoms with Crippen LogP contribution in [-0.2, 0) is 0 Å². The molecule has 156 valence electrons. The number of hydrogen-bond acceptors (Lipinski definition) is 5. The van der Waals surface area contributed by atoms with E-state index >= 15 is 0 Å². The van der Waals surface area contributed by atoms with E-state index in [0.717, 1.165) is 36.7 Å². The number of rotatable bonds is 5. The van der Waals surface area contributed by atoms with Gasteiger partial charge in [0, 0.05) is 49.2 Å². The van der Waals surface area contributed by atoms with Gasteiger partial charge in [-0.05, 0) is 51.1 Å². The Morgan fingerprint density at radius 3 is 2.79 bits per heavy atom. The Labute approximate surface area is 178 Å². The molecule has 0 aliphatic carbocycles. The van der Waals surface area contributed by atoms with Crippen LogP contribution in [-0.4, -0.2) is 60.6 Å². The maximum Gasteiger partial charge on any atom is 0.234 e. The number of nitrogens with one attached hydrogen (secondary N) is 2. The standard InChI is InChI=1S/C21H30ClN7/c1-5-29-11-7-9-17(14-29)25-19-12-15(2)24-21(26-19)28(4)20(23)27(3)18-10-6-8-16(22)13-18/h6,8,10,12-13,17,23H,5,7,9,11,14H2,1-4H3,(H,24,25,26). The lowest BCUT2D eigenvalue weighted by molar-refractivity contribution is 0.226. The van der Waals surface area contributed by atoms with Crippen LogP contribution in [0.5, 0.6) is 0 Å². The van der Waals surface area contributed by atoms with Crippen LogP contribution < -0.4 is 15.1 Å². The molecule has 1 aromatic heterocycles. The van der Waals surface area contributed by atoms with Crippen LogP contribution in [0.1, 0.15) is 25.5 Å². The number of benzene rings is 1. The SMILES string of the molecule is CCN1CCCC(Nc2cc(C)nc(N(C)C(=N)N(C)c3cccc(Cl)c3)n2)C1. The molecule has 1 aliphatic heterocycles. The third-order valence-corrected chi connectivity index (χ3v) is 5.51. The summed E-state index contributed by atoms with van der Waals surface area (Å²) in [6, 6.07) is 9.78. The first-order valence-corrected chi connectivity index (χ1v) is 10.4. The number of aryl methyl sites for hydroxylation is 1. The van der Waals surface area contributed by atoms with Gasteiger partial charge in [-0.1, -0.05) is 24.6 Å². The number of aromatic nitrogens is 2. The molecule has 1 atom stereocenters. The zero-order valence-corrected chi connectivity index (χ0v) is 18.4. The number of likely N-dealkylation sites (tertiary alicyclic amines) is 1. The van der Waals surface area contributed by atoms with Crippen LogP contribution in [0.15, 0.2) is 30.3 Å². The third-order valence-electron chi connectivity index (χ3n) is 5.28. The molecule has 1 unspecified atom stereocenters. The average Bonchev–Trinajstić information content (AvgIpc) is 2.71. The summed E-state index contributed by atoms with van der Waals surface area (Å²) in [4.78, 5) is 15.1. The van der Waals surface area contributed by atoms with E-state index in [0.29, 0.717) is 17.0 Å². The third kappa shape index (κ3) is 5.36. The van der Waals surface area contributed by atoms with Gasteiger partial charge in [-0.2, -0.15) is 4.98 Å². The number of anilines is 3. The van der Waals surface area contributed by atoms with E-state index in [1.165, 1.54) is 13.0 Å². The molecule has 0 amide bonds. The maximum atomic E-state index is 8.59. The molecule has 29 heavy (non-hydrogen) atoms. The van der Waals surface area contributed by atoms with Gasteiger partial charge in [0.1, 0.15) is 5.82 Å². The van der Waals surface area contributed by atoms with Crippen molar-refractivity contribution < 1.29 is 0 Å². The van der Waals surface area contributed by atoms with Crippen LogP contribution in [0.25, 0.3) is 0 Å². The second-order valence-electron chi connectivity index (χ2n) is 7.49. The largest absolute Gasteiger partial charge is 0.366 e. The summed E-state index contributed by atoms with van der Waals surface area (Å²) in [5, 5.41) is 12.8. The highest BCUT2D eigenvalue weighted by Gasteiger charge is 2.21. The number of nitrogens with zero attached hydrogens (tertiary/aromatic N) is 5. The van der Waals surface area contributed by atoms with Gasteiger partial charge in [0.05, 0.1) is 0 Å². The topological polar surface area (TPSA) is 71.4 Å². The molecule has 8 heteroatoms. The van der Waals surface area contributed by atoms with Gasteiger partial charge in [-0.15, -0.1) is 0 Å². The van der Waals surface area contributed by atoms with Crippen LogP contribution >= 0.6 is 11.6 Å². The zero-order valence-electron chi connectivity index (χ0n) is 17.6. The number of hydrogen-bond donors (Lipinski definition) is 2. The van der Waals surface area contributed by atoms with Crippen LogP contribution in [0.4, 0.5) is 17.5 Å². The summed E-state index contributed by atoms with van der Waals surface area (Å²) in [6.07, 6.45) is 2.33. The highest BCUT2D eigenvalue weighted by atomic mass is 35.5. The summed E-state index contributed by atoms with van der Waals surface area (Å²) >= 11 is 6.10. The number of halogens is 1. The molecule has 7 nitrogen and oxygen atoms in total. The van der Waals surface area contributed by atoms with Gasteiger partial charge in [0.25, 0.3) is 0 Å². The molecular formula is C21H30ClN7. The van der Waals surface area contributed by atoms with Gasteiger partial charge >= 0.3 is 0 Å². The molecule has 1 aromatic carbocycles. The van der Waals surface area contributed by atoms with Crippen molar-refractivity contribution in [3.05, 3.63) is 41.0 Å². The molecule has 3 rings (SSSR count). The normalized spacial score (nSPS) is 17.1. The molecule has 1 aliphatic rings. The van der Waals surface area contributed by atoms with Crippen molar-refractivity contribution in [1.82, 2.24) is 14.9 Å². The fourth-order valence-electron chi connectivity index (χ4n) is 3.57. The lowest BCUT2D eigenvalue weighted by atomic mass is 10.1. The first-order valence-electron chi connectivity index (χ1n) is 10.0. The fourth-order valence-corrected chi connectivity index (χ4v) is 3.76. The van der Waals surface area contributed by atoms with Gasteiger partial charge in [0.2, 0.25) is 11.9 Å². The lowest BCUT2D eigenvalue weighted by Crippen LogP contribution is -2.42. The highest BCUT2D eigenvalue weighted by molar-refractivity contribution is 6.31. The van der Waals surface area contributed by atoms with E-state index < -0.39 is 0 Å². The van der Waals surface area contributed by atoms with Crippen molar-refractivity contribution in [2.75, 3.05) is 48.8 Å². The summed E-state index contributed by atoms with van der Waals surface area (Å²) in [7, 11) is 3.64. The molecule has 0 radical (unpaired) electrons. The van der Waals surface area contributed by atoms with E-state index in [1.54, 1.807) is 16.8 Å². The molecular weight excluding hydrogens is 386 g/mol. The van der Waals surface area contributed by atoms with E-state index in [9.17, 15) is 0 Å². The molecule has 1 fully saturated rings. The predicted molar refractivity (Wildman–Crippen MR) is 122 cm³/mol. The van der Waals surface area contributed by atoms with Crippen molar-refractivity contribution >= 4 is 35.0 Å². The first kappa shape index (κ1) is 21.3. The minimum Gasteiger partial charge on any atom is -0.366 e. The second kappa shape index (κ2) is 9.41. The second-order valence-corrected chi connectivity index (χ2v) is 7.93. The van der Waals surface area contributed by atoms with Gasteiger partial charge < -0.3 is 15.1 Å². The van der Waals surface area contributed by atoms with E-state index in [2.05, 4.69) is 27.1 Å². The van der Waals surface area contributed by atoms with E-state index in [-0.39, 0.29) is 5.96 Å². The molecule has 2 heterocycles. The Bertz CT molecular complexity index is 857. The van der Waals surface area contributed by atoms with E-state index in [4.69, 9.17) is 17.0 Å². The quantitative estimate of drug-likeness (QED) is 0.571. The first-order chi connectivity index (χ1) is 13.9. The summed E-state index contributed by atoms with van der Waals surface area (Å²) < 4.78 is 0. The van der Waals surface area contributed by atoms with Crippen molar-refractivity contribution in [2.24, 2.45) is 0 Å². The number of piperidine rings is 1. The van der Waals surface area contributed by atoms with Crippen molar-refractivity contribution in [1.29, 1.82) is 5.41 Å². The molecule has 0 spiro atoms. The number of guanidine groups is 1. The molecule has 2 N–H and O–H groups in total. The maximum absolute atomic E-state index is 8.59. The Morgan fingerprint density at radius 2 is 2.07 bits per heavy atom. The number of likely N-dealkylation sites (N-methyl/N-ethyl adjacent to an activating group) is 1. The fraction of sp³-hybridized carbons (Fsp3) is 0.476. The smallest absolute Gasteiger partial charge is 0.234 e. The van der Waals surface area contributed by atoms with Gasteiger partial charge in [-0.25, -0.2) is 4.98 Å². The molecule has 2 aromatic rings. The van der Waals surface area contributed by atoms with Crippen molar-refractivity contribution in [2.45, 2.75) is 32.7 Å². The van der Waals surface area contributed by atoms with Crippen LogP contribution in [0.2, 0.25) is 5.02 Å². The lowest BCUT2D eigenvalue weighted by Gasteiger charge is -2.32. The average molecular weight is 416 g/mol. The minimum atomic E-state index is 0.263. The van der Waals surface area contributed by atoms with Crippen LogP contribution in [0.3, 0.4) is 0 Å². The minimum absolute atomic E-state index is 0.263. The monoisotopic (exact) mass is 415 g/mol. The van der Waals surface area contributed by atoms with Crippen molar-refractivity contribution in [3.8, 4) is 0 Å². The highest BCUT2D eigenvalue weighted by Crippen LogP contribution is 2.21. The van der Waals surface area contributed by atoms with Crippen molar-refractivity contribution in [3.63, 3.8) is 0 Å². The predicted octanol–water partition coefficient (Wildman–Crippen LogP) is 3.84. The zero-order chi connectivity index (χ0) is 21.0. The summed E-state index contributed by atoms with van der Waals surface area (Å²) in [5.74, 6) is 1.56. The molecule has 0 bridgehead atoms.